The van der Waals surface area contributed by atoms with Gasteiger partial charge in [-0.05, 0) is 18.7 Å². The van der Waals surface area contributed by atoms with Crippen LogP contribution in [0.1, 0.15) is 17.7 Å². The van der Waals surface area contributed by atoms with Gasteiger partial charge in [0.1, 0.15) is 0 Å². The number of alkyl halides is 2. The van der Waals surface area contributed by atoms with E-state index < -0.39 is 6.43 Å². The molecule has 0 aliphatic rings. The van der Waals surface area contributed by atoms with Crippen LogP contribution in [0.15, 0.2) is 18.3 Å². The van der Waals surface area contributed by atoms with Crippen LogP contribution in [0.2, 0.25) is 0 Å². The highest BCUT2D eigenvalue weighted by atomic mass is 19.3. The minimum atomic E-state index is -2.44. The second-order valence-corrected chi connectivity index (χ2v) is 2.42. The summed E-state index contributed by atoms with van der Waals surface area (Å²) in [7, 11) is 0. The zero-order chi connectivity index (χ0) is 8.97. The number of halogens is 2. The molecule has 1 heterocycles. The first-order chi connectivity index (χ1) is 5.74. The molecule has 1 aromatic heterocycles. The molecule has 0 radical (unpaired) electrons. The lowest BCUT2D eigenvalue weighted by atomic mass is 10.2. The van der Waals surface area contributed by atoms with E-state index in [0.29, 0.717) is 13.0 Å². The standard InChI is InChI=1S/C8H10F2N2/c9-8(10)6-1-2-7(3-4-11)12-5-6/h1-2,5,8H,3-4,11H2. The van der Waals surface area contributed by atoms with Crippen molar-refractivity contribution in [2.45, 2.75) is 12.8 Å². The number of hydrogen-bond donors (Lipinski definition) is 1. The van der Waals surface area contributed by atoms with Crippen LogP contribution in [-0.2, 0) is 6.42 Å². The summed E-state index contributed by atoms with van der Waals surface area (Å²) in [6, 6.07) is 2.96. The zero-order valence-electron chi connectivity index (χ0n) is 6.50. The van der Waals surface area contributed by atoms with Crippen molar-refractivity contribution in [3.63, 3.8) is 0 Å². The van der Waals surface area contributed by atoms with Gasteiger partial charge in [0.25, 0.3) is 6.43 Å². The van der Waals surface area contributed by atoms with Crippen LogP contribution in [-0.4, -0.2) is 11.5 Å². The minimum Gasteiger partial charge on any atom is -0.330 e. The van der Waals surface area contributed by atoms with Crippen LogP contribution in [0.5, 0.6) is 0 Å². The molecular weight excluding hydrogens is 162 g/mol. The van der Waals surface area contributed by atoms with Crippen molar-refractivity contribution in [3.8, 4) is 0 Å². The van der Waals surface area contributed by atoms with Crippen molar-refractivity contribution in [1.29, 1.82) is 0 Å². The first-order valence-corrected chi connectivity index (χ1v) is 3.67. The minimum absolute atomic E-state index is 0.0456. The first kappa shape index (κ1) is 9.06. The summed E-state index contributed by atoms with van der Waals surface area (Å²) in [5.74, 6) is 0. The van der Waals surface area contributed by atoms with E-state index in [2.05, 4.69) is 4.98 Å². The Hall–Kier alpha value is -1.03. The third-order valence-corrected chi connectivity index (χ3v) is 1.50. The lowest BCUT2D eigenvalue weighted by Gasteiger charge is -2.00. The molecule has 2 N–H and O–H groups in total. The largest absolute Gasteiger partial charge is 0.330 e. The first-order valence-electron chi connectivity index (χ1n) is 3.67. The van der Waals surface area contributed by atoms with Gasteiger partial charge in [0.2, 0.25) is 0 Å². The molecule has 1 rings (SSSR count). The van der Waals surface area contributed by atoms with E-state index in [4.69, 9.17) is 5.73 Å². The van der Waals surface area contributed by atoms with Crippen molar-refractivity contribution < 1.29 is 8.78 Å². The van der Waals surface area contributed by atoms with Gasteiger partial charge >= 0.3 is 0 Å². The molecule has 0 fully saturated rings. The predicted molar refractivity (Wildman–Crippen MR) is 42.0 cm³/mol. The van der Waals surface area contributed by atoms with E-state index in [0.717, 1.165) is 5.69 Å². The summed E-state index contributed by atoms with van der Waals surface area (Å²) in [4.78, 5) is 3.83. The average Bonchev–Trinajstić information content (AvgIpc) is 2.06. The average molecular weight is 172 g/mol. The number of pyridine rings is 1. The lowest BCUT2D eigenvalue weighted by molar-refractivity contribution is 0.151. The monoisotopic (exact) mass is 172 g/mol. The van der Waals surface area contributed by atoms with E-state index in [9.17, 15) is 8.78 Å². The summed E-state index contributed by atoms with van der Waals surface area (Å²) in [5.41, 5.74) is 5.98. The van der Waals surface area contributed by atoms with Crippen LogP contribution in [0.4, 0.5) is 8.78 Å². The van der Waals surface area contributed by atoms with Crippen molar-refractivity contribution in [2.24, 2.45) is 5.73 Å². The highest BCUT2D eigenvalue weighted by molar-refractivity contribution is 5.15. The maximum absolute atomic E-state index is 12.0. The molecule has 12 heavy (non-hydrogen) atoms. The second-order valence-electron chi connectivity index (χ2n) is 2.42. The van der Waals surface area contributed by atoms with E-state index >= 15 is 0 Å². The Kier molecular flexibility index (Phi) is 3.10. The van der Waals surface area contributed by atoms with Gasteiger partial charge in [0.05, 0.1) is 0 Å². The number of rotatable bonds is 3. The van der Waals surface area contributed by atoms with Crippen LogP contribution in [0, 0.1) is 0 Å². The maximum Gasteiger partial charge on any atom is 0.265 e. The number of aromatic nitrogens is 1. The highest BCUT2D eigenvalue weighted by Gasteiger charge is 2.05. The molecule has 0 saturated carbocycles. The summed E-state index contributed by atoms with van der Waals surface area (Å²) >= 11 is 0. The third-order valence-electron chi connectivity index (χ3n) is 1.50. The van der Waals surface area contributed by atoms with Crippen LogP contribution < -0.4 is 5.73 Å². The zero-order valence-corrected chi connectivity index (χ0v) is 6.50. The van der Waals surface area contributed by atoms with Crippen LogP contribution >= 0.6 is 0 Å². The molecule has 0 amide bonds. The molecule has 0 bridgehead atoms. The van der Waals surface area contributed by atoms with Gasteiger partial charge in [-0.25, -0.2) is 8.78 Å². The summed E-state index contributed by atoms with van der Waals surface area (Å²) in [5, 5.41) is 0. The molecule has 0 aliphatic heterocycles. The molecule has 0 saturated heterocycles. The number of nitrogens with zero attached hydrogens (tertiary/aromatic N) is 1. The van der Waals surface area contributed by atoms with Gasteiger partial charge in [-0.3, -0.25) is 4.98 Å². The molecule has 66 valence electrons. The van der Waals surface area contributed by atoms with Crippen molar-refractivity contribution in [1.82, 2.24) is 4.98 Å². The van der Waals surface area contributed by atoms with Gasteiger partial charge in [-0.1, -0.05) is 0 Å². The summed E-state index contributed by atoms with van der Waals surface area (Å²) < 4.78 is 24.0. The fourth-order valence-corrected chi connectivity index (χ4v) is 0.861. The molecule has 0 aliphatic carbocycles. The van der Waals surface area contributed by atoms with Gasteiger partial charge in [0, 0.05) is 23.9 Å². The Bertz CT molecular complexity index is 233. The van der Waals surface area contributed by atoms with Gasteiger partial charge < -0.3 is 5.73 Å². The topological polar surface area (TPSA) is 38.9 Å². The Morgan fingerprint density at radius 3 is 2.58 bits per heavy atom. The predicted octanol–water partition coefficient (Wildman–Crippen LogP) is 1.52. The third kappa shape index (κ3) is 2.23. The SMILES string of the molecule is NCCc1ccc(C(F)F)cn1. The lowest BCUT2D eigenvalue weighted by Crippen LogP contribution is -2.04. The fourth-order valence-electron chi connectivity index (χ4n) is 0.861. The Balaban J connectivity index is 2.71. The van der Waals surface area contributed by atoms with Crippen LogP contribution in [0.3, 0.4) is 0 Å². The second kappa shape index (κ2) is 4.11. The number of hydrogen-bond acceptors (Lipinski definition) is 2. The fraction of sp³-hybridized carbons (Fsp3) is 0.375. The molecule has 0 spiro atoms. The number of nitrogens with two attached hydrogens (primary N) is 1. The highest BCUT2D eigenvalue weighted by Crippen LogP contribution is 2.16. The summed E-state index contributed by atoms with van der Waals surface area (Å²) in [6.07, 6.45) is -0.622. The smallest absolute Gasteiger partial charge is 0.265 e. The molecule has 4 heteroatoms. The van der Waals surface area contributed by atoms with E-state index in [1.165, 1.54) is 12.3 Å². The van der Waals surface area contributed by atoms with Gasteiger partial charge in [-0.2, -0.15) is 0 Å². The van der Waals surface area contributed by atoms with E-state index in [-0.39, 0.29) is 5.56 Å². The van der Waals surface area contributed by atoms with Crippen molar-refractivity contribution in [3.05, 3.63) is 29.6 Å². The van der Waals surface area contributed by atoms with Gasteiger partial charge in [-0.15, -0.1) is 0 Å². The normalized spacial score (nSPS) is 10.7. The molecular formula is C8H10F2N2. The summed E-state index contributed by atoms with van der Waals surface area (Å²) in [6.45, 7) is 0.487. The quantitative estimate of drug-likeness (QED) is 0.750. The molecule has 0 unspecified atom stereocenters. The molecule has 0 atom stereocenters. The molecule has 1 aromatic rings. The Labute approximate surface area is 69.4 Å². The van der Waals surface area contributed by atoms with Crippen LogP contribution in [0.25, 0.3) is 0 Å². The van der Waals surface area contributed by atoms with E-state index in [1.807, 2.05) is 0 Å². The Morgan fingerprint density at radius 1 is 1.42 bits per heavy atom. The van der Waals surface area contributed by atoms with Crippen molar-refractivity contribution in [2.75, 3.05) is 6.54 Å². The Morgan fingerprint density at radius 2 is 2.17 bits per heavy atom. The maximum atomic E-state index is 12.0. The van der Waals surface area contributed by atoms with E-state index in [1.54, 1.807) is 6.07 Å². The molecule has 2 nitrogen and oxygen atoms in total. The molecule has 0 aromatic carbocycles. The van der Waals surface area contributed by atoms with Crippen molar-refractivity contribution >= 4 is 0 Å². The van der Waals surface area contributed by atoms with Gasteiger partial charge in [0.15, 0.2) is 0 Å².